The standard InChI is InChI=1S/C8H13N5O3/c1-12(4-5-14)8-6(13(15)16)2-3-7(10-8)11-9/h2-3,14H,4-5,9H2,1H3,(H,10,11). The average Bonchev–Trinajstić information content (AvgIpc) is 2.28. The predicted molar refractivity (Wildman–Crippen MR) is 59.1 cm³/mol. The number of nitrogens with one attached hydrogen (secondary N) is 1. The van der Waals surface area contributed by atoms with E-state index >= 15 is 0 Å². The van der Waals surface area contributed by atoms with E-state index in [-0.39, 0.29) is 24.7 Å². The molecule has 0 aliphatic carbocycles. The Morgan fingerprint density at radius 2 is 2.38 bits per heavy atom. The number of likely N-dealkylation sites (N-methyl/N-ethyl adjacent to an activating group) is 1. The first-order valence-corrected chi connectivity index (χ1v) is 4.54. The fourth-order valence-corrected chi connectivity index (χ4v) is 1.20. The molecule has 88 valence electrons. The monoisotopic (exact) mass is 227 g/mol. The summed E-state index contributed by atoms with van der Waals surface area (Å²) in [5.74, 6) is 5.65. The third-order valence-corrected chi connectivity index (χ3v) is 2.00. The zero-order valence-electron chi connectivity index (χ0n) is 8.75. The van der Waals surface area contributed by atoms with Gasteiger partial charge in [-0.1, -0.05) is 0 Å². The van der Waals surface area contributed by atoms with Gasteiger partial charge in [0.15, 0.2) is 0 Å². The maximum absolute atomic E-state index is 10.8. The van der Waals surface area contributed by atoms with Gasteiger partial charge in [-0.25, -0.2) is 10.8 Å². The second kappa shape index (κ2) is 5.24. The number of anilines is 2. The lowest BCUT2D eigenvalue weighted by atomic mass is 10.3. The van der Waals surface area contributed by atoms with Crippen molar-refractivity contribution in [3.05, 3.63) is 22.2 Å². The molecule has 0 bridgehead atoms. The van der Waals surface area contributed by atoms with E-state index in [1.54, 1.807) is 7.05 Å². The van der Waals surface area contributed by atoms with E-state index in [9.17, 15) is 10.1 Å². The highest BCUT2D eigenvalue weighted by molar-refractivity contribution is 5.61. The smallest absolute Gasteiger partial charge is 0.311 e. The number of aliphatic hydroxyl groups excluding tert-OH is 1. The highest BCUT2D eigenvalue weighted by Gasteiger charge is 2.19. The Morgan fingerprint density at radius 3 is 2.88 bits per heavy atom. The maximum atomic E-state index is 10.8. The van der Waals surface area contributed by atoms with Crippen LogP contribution in [0.1, 0.15) is 0 Å². The van der Waals surface area contributed by atoms with Crippen LogP contribution < -0.4 is 16.2 Å². The summed E-state index contributed by atoms with van der Waals surface area (Å²) in [5, 5.41) is 19.5. The number of aromatic nitrogens is 1. The third-order valence-electron chi connectivity index (χ3n) is 2.00. The number of aliphatic hydroxyl groups is 1. The zero-order chi connectivity index (χ0) is 12.1. The van der Waals surface area contributed by atoms with Crippen LogP contribution in [0.4, 0.5) is 17.3 Å². The Hall–Kier alpha value is -1.93. The minimum atomic E-state index is -0.531. The molecule has 0 unspecified atom stereocenters. The number of rotatable bonds is 5. The van der Waals surface area contributed by atoms with E-state index in [0.717, 1.165) is 0 Å². The lowest BCUT2D eigenvalue weighted by Crippen LogP contribution is -2.24. The highest BCUT2D eigenvalue weighted by Crippen LogP contribution is 2.26. The summed E-state index contributed by atoms with van der Waals surface area (Å²) in [4.78, 5) is 15.7. The van der Waals surface area contributed by atoms with Gasteiger partial charge in [-0.15, -0.1) is 0 Å². The molecule has 4 N–H and O–H groups in total. The minimum Gasteiger partial charge on any atom is -0.395 e. The lowest BCUT2D eigenvalue weighted by Gasteiger charge is -2.17. The molecule has 8 nitrogen and oxygen atoms in total. The molecular formula is C8H13N5O3. The Bertz CT molecular complexity index is 384. The van der Waals surface area contributed by atoms with Gasteiger partial charge in [0.25, 0.3) is 0 Å². The third kappa shape index (κ3) is 2.55. The number of nitrogens with two attached hydrogens (primary N) is 1. The minimum absolute atomic E-state index is 0.115. The summed E-state index contributed by atoms with van der Waals surface area (Å²) in [6, 6.07) is 2.72. The molecular weight excluding hydrogens is 214 g/mol. The second-order valence-corrected chi connectivity index (χ2v) is 3.09. The summed E-state index contributed by atoms with van der Waals surface area (Å²) >= 11 is 0. The Labute approximate surface area is 91.8 Å². The molecule has 0 saturated heterocycles. The van der Waals surface area contributed by atoms with E-state index in [2.05, 4.69) is 10.4 Å². The van der Waals surface area contributed by atoms with Gasteiger partial charge in [0.1, 0.15) is 5.82 Å². The summed E-state index contributed by atoms with van der Waals surface area (Å²) in [7, 11) is 1.60. The van der Waals surface area contributed by atoms with Gasteiger partial charge >= 0.3 is 5.69 Å². The lowest BCUT2D eigenvalue weighted by molar-refractivity contribution is -0.384. The molecule has 0 fully saturated rings. The summed E-state index contributed by atoms with van der Waals surface area (Å²) < 4.78 is 0. The normalized spacial score (nSPS) is 9.94. The fraction of sp³-hybridized carbons (Fsp3) is 0.375. The molecule has 16 heavy (non-hydrogen) atoms. The Morgan fingerprint density at radius 1 is 1.69 bits per heavy atom. The van der Waals surface area contributed by atoms with E-state index in [1.807, 2.05) is 0 Å². The number of pyridine rings is 1. The van der Waals surface area contributed by atoms with Gasteiger partial charge in [0, 0.05) is 19.7 Å². The van der Waals surface area contributed by atoms with Crippen LogP contribution in [-0.4, -0.2) is 35.2 Å². The van der Waals surface area contributed by atoms with Gasteiger partial charge in [-0.2, -0.15) is 0 Å². The molecule has 1 heterocycles. The Balaban J connectivity index is 3.14. The van der Waals surface area contributed by atoms with Crippen LogP contribution in [0.15, 0.2) is 12.1 Å². The molecule has 1 aromatic heterocycles. The highest BCUT2D eigenvalue weighted by atomic mass is 16.6. The molecule has 0 aliphatic heterocycles. The van der Waals surface area contributed by atoms with Crippen LogP contribution >= 0.6 is 0 Å². The van der Waals surface area contributed by atoms with Crippen molar-refractivity contribution in [2.45, 2.75) is 0 Å². The molecule has 1 rings (SSSR count). The molecule has 0 aromatic carbocycles. The van der Waals surface area contributed by atoms with E-state index in [4.69, 9.17) is 10.9 Å². The number of hydrogen-bond acceptors (Lipinski definition) is 7. The van der Waals surface area contributed by atoms with Crippen LogP contribution in [-0.2, 0) is 0 Å². The summed E-state index contributed by atoms with van der Waals surface area (Å²) in [6.07, 6.45) is 0. The van der Waals surface area contributed by atoms with Crippen molar-refractivity contribution in [2.24, 2.45) is 5.84 Å². The van der Waals surface area contributed by atoms with Gasteiger partial charge in [-0.3, -0.25) is 10.1 Å². The van der Waals surface area contributed by atoms with Gasteiger partial charge in [0.05, 0.1) is 11.5 Å². The van der Waals surface area contributed by atoms with Gasteiger partial charge in [0.2, 0.25) is 5.82 Å². The van der Waals surface area contributed by atoms with Crippen molar-refractivity contribution < 1.29 is 10.0 Å². The van der Waals surface area contributed by atoms with Crippen molar-refractivity contribution in [1.29, 1.82) is 0 Å². The number of hydrogen-bond donors (Lipinski definition) is 3. The van der Waals surface area contributed by atoms with E-state index < -0.39 is 4.92 Å². The molecule has 0 aliphatic rings. The number of nitrogens with zero attached hydrogens (tertiary/aromatic N) is 3. The average molecular weight is 227 g/mol. The first kappa shape index (κ1) is 12.1. The van der Waals surface area contributed by atoms with Gasteiger partial charge in [-0.05, 0) is 6.07 Å². The molecule has 0 spiro atoms. The summed E-state index contributed by atoms with van der Waals surface area (Å²) in [5.41, 5.74) is 2.18. The molecule has 0 atom stereocenters. The molecule has 8 heteroatoms. The quantitative estimate of drug-likeness (QED) is 0.359. The second-order valence-electron chi connectivity index (χ2n) is 3.09. The Kier molecular flexibility index (Phi) is 3.97. The van der Waals surface area contributed by atoms with Crippen LogP contribution in [0.5, 0.6) is 0 Å². The van der Waals surface area contributed by atoms with Crippen molar-refractivity contribution in [2.75, 3.05) is 30.5 Å². The molecule has 0 amide bonds. The fourth-order valence-electron chi connectivity index (χ4n) is 1.20. The van der Waals surface area contributed by atoms with Crippen molar-refractivity contribution in [1.82, 2.24) is 4.98 Å². The first-order valence-electron chi connectivity index (χ1n) is 4.54. The topological polar surface area (TPSA) is 118 Å². The summed E-state index contributed by atoms with van der Waals surface area (Å²) in [6.45, 7) is 0.136. The largest absolute Gasteiger partial charge is 0.395 e. The predicted octanol–water partition coefficient (Wildman–Crippen LogP) is -0.296. The van der Waals surface area contributed by atoms with E-state index in [1.165, 1.54) is 17.0 Å². The maximum Gasteiger partial charge on any atom is 0.311 e. The zero-order valence-corrected chi connectivity index (χ0v) is 8.75. The van der Waals surface area contributed by atoms with Crippen molar-refractivity contribution >= 4 is 17.3 Å². The number of nitrogen functional groups attached to an aromatic ring is 1. The van der Waals surface area contributed by atoms with Crippen LogP contribution in [0.25, 0.3) is 0 Å². The van der Waals surface area contributed by atoms with Crippen molar-refractivity contribution in [3.63, 3.8) is 0 Å². The molecule has 1 aromatic rings. The first-order chi connectivity index (χ1) is 7.60. The van der Waals surface area contributed by atoms with Crippen LogP contribution in [0, 0.1) is 10.1 Å². The molecule has 0 radical (unpaired) electrons. The van der Waals surface area contributed by atoms with Crippen LogP contribution in [0.2, 0.25) is 0 Å². The van der Waals surface area contributed by atoms with Crippen molar-refractivity contribution in [3.8, 4) is 0 Å². The molecule has 0 saturated carbocycles. The van der Waals surface area contributed by atoms with Gasteiger partial charge < -0.3 is 15.4 Å². The number of hydrazine groups is 1. The van der Waals surface area contributed by atoms with E-state index in [0.29, 0.717) is 5.82 Å². The SMILES string of the molecule is CN(CCO)c1nc(NN)ccc1[N+](=O)[O-]. The number of nitro groups is 1. The van der Waals surface area contributed by atoms with Crippen LogP contribution in [0.3, 0.4) is 0 Å².